The minimum Gasteiger partial charge on any atom is -0.439 e. The Morgan fingerprint density at radius 3 is 2.60 bits per heavy atom. The molecular formula is C18H17NO. The summed E-state index contributed by atoms with van der Waals surface area (Å²) in [6, 6.07) is 20.3. The Bertz CT molecular complexity index is 721. The second-order valence-corrected chi connectivity index (χ2v) is 4.83. The van der Waals surface area contributed by atoms with Gasteiger partial charge < -0.3 is 4.74 Å². The van der Waals surface area contributed by atoms with Crippen LogP contribution in [0.5, 0.6) is 11.6 Å². The Morgan fingerprint density at radius 1 is 0.900 bits per heavy atom. The SMILES string of the molecule is CCCc1cccc(Oc2ccc3ccccc3c2)n1. The highest BCUT2D eigenvalue weighted by molar-refractivity contribution is 5.83. The van der Waals surface area contributed by atoms with E-state index in [0.29, 0.717) is 5.88 Å². The van der Waals surface area contributed by atoms with Crippen molar-refractivity contribution in [3.05, 3.63) is 66.4 Å². The molecule has 3 aromatic rings. The first-order valence-electron chi connectivity index (χ1n) is 6.98. The van der Waals surface area contributed by atoms with Crippen LogP contribution in [-0.4, -0.2) is 4.98 Å². The fraction of sp³-hybridized carbons (Fsp3) is 0.167. The Morgan fingerprint density at radius 2 is 1.75 bits per heavy atom. The summed E-state index contributed by atoms with van der Waals surface area (Å²) in [5.74, 6) is 1.48. The van der Waals surface area contributed by atoms with Gasteiger partial charge in [-0.3, -0.25) is 0 Å². The van der Waals surface area contributed by atoms with Crippen LogP contribution in [0, 0.1) is 0 Å². The molecule has 2 aromatic carbocycles. The average molecular weight is 263 g/mol. The zero-order valence-corrected chi connectivity index (χ0v) is 11.5. The van der Waals surface area contributed by atoms with E-state index in [1.807, 2.05) is 42.5 Å². The Balaban J connectivity index is 1.87. The number of fused-ring (bicyclic) bond motifs is 1. The number of aromatic nitrogens is 1. The third kappa shape index (κ3) is 2.80. The second-order valence-electron chi connectivity index (χ2n) is 4.83. The van der Waals surface area contributed by atoms with Gasteiger partial charge in [0, 0.05) is 11.8 Å². The molecule has 0 atom stereocenters. The lowest BCUT2D eigenvalue weighted by Gasteiger charge is -2.07. The number of hydrogen-bond acceptors (Lipinski definition) is 2. The molecule has 2 nitrogen and oxygen atoms in total. The summed E-state index contributed by atoms with van der Waals surface area (Å²) < 4.78 is 5.86. The van der Waals surface area contributed by atoms with Gasteiger partial charge in [-0.2, -0.15) is 0 Å². The summed E-state index contributed by atoms with van der Waals surface area (Å²) in [6.07, 6.45) is 2.07. The smallest absolute Gasteiger partial charge is 0.219 e. The quantitative estimate of drug-likeness (QED) is 0.662. The molecule has 0 fully saturated rings. The molecule has 0 aliphatic carbocycles. The molecule has 0 unspecified atom stereocenters. The van der Waals surface area contributed by atoms with Gasteiger partial charge in [0.25, 0.3) is 0 Å². The van der Waals surface area contributed by atoms with Crippen molar-refractivity contribution < 1.29 is 4.74 Å². The molecule has 0 saturated carbocycles. The largest absolute Gasteiger partial charge is 0.439 e. The molecular weight excluding hydrogens is 246 g/mol. The molecule has 100 valence electrons. The molecule has 0 aliphatic heterocycles. The van der Waals surface area contributed by atoms with Crippen molar-refractivity contribution in [1.82, 2.24) is 4.98 Å². The fourth-order valence-corrected chi connectivity index (χ4v) is 2.26. The summed E-state index contributed by atoms with van der Waals surface area (Å²) in [4.78, 5) is 4.52. The maximum Gasteiger partial charge on any atom is 0.219 e. The van der Waals surface area contributed by atoms with Crippen molar-refractivity contribution in [2.45, 2.75) is 19.8 Å². The maximum absolute atomic E-state index is 5.86. The van der Waals surface area contributed by atoms with Gasteiger partial charge >= 0.3 is 0 Å². The zero-order chi connectivity index (χ0) is 13.8. The molecule has 2 heteroatoms. The standard InChI is InChI=1S/C18H17NO/c1-2-6-16-9-5-10-18(19-16)20-17-12-11-14-7-3-4-8-15(14)13-17/h3-5,7-13H,2,6H2,1H3. The van der Waals surface area contributed by atoms with E-state index < -0.39 is 0 Å². The molecule has 3 rings (SSSR count). The van der Waals surface area contributed by atoms with Crippen LogP contribution in [0.3, 0.4) is 0 Å². The van der Waals surface area contributed by atoms with Gasteiger partial charge in [-0.1, -0.05) is 49.7 Å². The van der Waals surface area contributed by atoms with E-state index in [2.05, 4.69) is 30.1 Å². The van der Waals surface area contributed by atoms with Crippen LogP contribution in [0.15, 0.2) is 60.7 Å². The van der Waals surface area contributed by atoms with Gasteiger partial charge in [-0.15, -0.1) is 0 Å². The van der Waals surface area contributed by atoms with Gasteiger partial charge in [-0.25, -0.2) is 4.98 Å². The van der Waals surface area contributed by atoms with Crippen molar-refractivity contribution in [3.63, 3.8) is 0 Å². The average Bonchev–Trinajstić information content (AvgIpc) is 2.48. The second kappa shape index (κ2) is 5.74. The van der Waals surface area contributed by atoms with Crippen molar-refractivity contribution in [1.29, 1.82) is 0 Å². The van der Waals surface area contributed by atoms with Crippen LogP contribution in [0.4, 0.5) is 0 Å². The highest BCUT2D eigenvalue weighted by atomic mass is 16.5. The lowest BCUT2D eigenvalue weighted by Crippen LogP contribution is -1.92. The van der Waals surface area contributed by atoms with Gasteiger partial charge in [0.1, 0.15) is 5.75 Å². The van der Waals surface area contributed by atoms with E-state index in [0.717, 1.165) is 24.3 Å². The molecule has 20 heavy (non-hydrogen) atoms. The Kier molecular flexibility index (Phi) is 3.64. The van der Waals surface area contributed by atoms with Crippen LogP contribution in [0.1, 0.15) is 19.0 Å². The third-order valence-corrected chi connectivity index (χ3v) is 3.23. The summed E-state index contributed by atoms with van der Waals surface area (Å²) in [7, 11) is 0. The first kappa shape index (κ1) is 12.7. The number of pyridine rings is 1. The van der Waals surface area contributed by atoms with Gasteiger partial charge in [0.15, 0.2) is 0 Å². The number of ether oxygens (including phenoxy) is 1. The van der Waals surface area contributed by atoms with E-state index in [9.17, 15) is 0 Å². The molecule has 1 heterocycles. The predicted octanol–water partition coefficient (Wildman–Crippen LogP) is 4.98. The lowest BCUT2D eigenvalue weighted by atomic mass is 10.1. The van der Waals surface area contributed by atoms with E-state index >= 15 is 0 Å². The minimum absolute atomic E-state index is 0.659. The van der Waals surface area contributed by atoms with E-state index in [1.54, 1.807) is 0 Å². The lowest BCUT2D eigenvalue weighted by molar-refractivity contribution is 0.461. The first-order valence-corrected chi connectivity index (χ1v) is 6.98. The fourth-order valence-electron chi connectivity index (χ4n) is 2.26. The molecule has 0 bridgehead atoms. The number of benzene rings is 2. The molecule has 0 N–H and O–H groups in total. The Labute approximate surface area is 119 Å². The molecule has 0 amide bonds. The monoisotopic (exact) mass is 263 g/mol. The highest BCUT2D eigenvalue weighted by Gasteiger charge is 2.01. The zero-order valence-electron chi connectivity index (χ0n) is 11.5. The third-order valence-electron chi connectivity index (χ3n) is 3.23. The molecule has 0 aliphatic rings. The number of hydrogen-bond donors (Lipinski definition) is 0. The van der Waals surface area contributed by atoms with E-state index in [-0.39, 0.29) is 0 Å². The van der Waals surface area contributed by atoms with Crippen LogP contribution in [0.25, 0.3) is 10.8 Å². The number of nitrogens with zero attached hydrogens (tertiary/aromatic N) is 1. The van der Waals surface area contributed by atoms with Gasteiger partial charge in [0.05, 0.1) is 0 Å². The predicted molar refractivity (Wildman–Crippen MR) is 82.3 cm³/mol. The minimum atomic E-state index is 0.659. The summed E-state index contributed by atoms with van der Waals surface area (Å²) in [5, 5.41) is 2.39. The molecule has 1 aromatic heterocycles. The van der Waals surface area contributed by atoms with Crippen molar-refractivity contribution in [3.8, 4) is 11.6 Å². The summed E-state index contributed by atoms with van der Waals surface area (Å²) in [6.45, 7) is 2.15. The summed E-state index contributed by atoms with van der Waals surface area (Å²) >= 11 is 0. The highest BCUT2D eigenvalue weighted by Crippen LogP contribution is 2.24. The van der Waals surface area contributed by atoms with Crippen LogP contribution >= 0.6 is 0 Å². The van der Waals surface area contributed by atoms with Gasteiger partial charge in [-0.05, 0) is 35.4 Å². The van der Waals surface area contributed by atoms with Crippen LogP contribution in [0.2, 0.25) is 0 Å². The number of rotatable bonds is 4. The number of aryl methyl sites for hydroxylation is 1. The first-order chi connectivity index (χ1) is 9.85. The molecule has 0 saturated heterocycles. The maximum atomic E-state index is 5.86. The molecule has 0 spiro atoms. The normalized spacial score (nSPS) is 10.7. The van der Waals surface area contributed by atoms with Crippen molar-refractivity contribution >= 4 is 10.8 Å². The summed E-state index contributed by atoms with van der Waals surface area (Å²) in [5.41, 5.74) is 1.07. The van der Waals surface area contributed by atoms with Gasteiger partial charge in [0.2, 0.25) is 5.88 Å². The Hall–Kier alpha value is -2.35. The topological polar surface area (TPSA) is 22.1 Å². The molecule has 0 radical (unpaired) electrons. The van der Waals surface area contributed by atoms with E-state index in [4.69, 9.17) is 4.74 Å². The van der Waals surface area contributed by atoms with Crippen molar-refractivity contribution in [2.75, 3.05) is 0 Å². The van der Waals surface area contributed by atoms with Crippen molar-refractivity contribution in [2.24, 2.45) is 0 Å². The van der Waals surface area contributed by atoms with Crippen LogP contribution < -0.4 is 4.74 Å². The van der Waals surface area contributed by atoms with E-state index in [1.165, 1.54) is 10.8 Å². The van der Waals surface area contributed by atoms with Crippen LogP contribution in [-0.2, 0) is 6.42 Å².